The number of nitrogens with zero attached hydrogens (tertiary/aromatic N) is 3. The molecular weight excluding hydrogens is 256 g/mol. The van der Waals surface area contributed by atoms with Gasteiger partial charge in [0.05, 0.1) is 6.04 Å². The molecule has 1 amide bonds. The number of hydrogen-bond acceptors (Lipinski definition) is 4. The number of ether oxygens (including phenoxy) is 1. The van der Waals surface area contributed by atoms with Gasteiger partial charge in [0.2, 0.25) is 0 Å². The molecule has 3 rings (SSSR count). The molecule has 0 aliphatic carbocycles. The van der Waals surface area contributed by atoms with E-state index in [0.29, 0.717) is 11.9 Å². The van der Waals surface area contributed by atoms with E-state index in [9.17, 15) is 4.79 Å². The number of aromatic nitrogens is 2. The van der Waals surface area contributed by atoms with Gasteiger partial charge in [0.1, 0.15) is 11.9 Å². The molecule has 1 aromatic heterocycles. The topological polar surface area (TPSA) is 73.4 Å². The monoisotopic (exact) mass is 278 g/mol. The second-order valence-electron chi connectivity index (χ2n) is 5.63. The Morgan fingerprint density at radius 2 is 2.10 bits per heavy atom. The first kappa shape index (κ1) is 13.4. The van der Waals surface area contributed by atoms with E-state index in [1.807, 2.05) is 21.8 Å². The van der Waals surface area contributed by atoms with Gasteiger partial charge >= 0.3 is 0 Å². The van der Waals surface area contributed by atoms with Crippen molar-refractivity contribution in [2.75, 3.05) is 25.4 Å². The molecule has 2 fully saturated rings. The smallest absolute Gasteiger partial charge is 0.251 e. The first-order valence-corrected chi connectivity index (χ1v) is 7.45. The lowest BCUT2D eigenvalue weighted by molar-refractivity contribution is -0.147. The number of anilines is 1. The summed E-state index contributed by atoms with van der Waals surface area (Å²) in [7, 11) is 0. The Morgan fingerprint density at radius 1 is 1.30 bits per heavy atom. The highest BCUT2D eigenvalue weighted by Gasteiger charge is 2.30. The molecular formula is C14H22N4O2. The number of hydrogen-bond donors (Lipinski definition) is 1. The third kappa shape index (κ3) is 2.80. The fourth-order valence-electron chi connectivity index (χ4n) is 3.05. The van der Waals surface area contributed by atoms with Crippen molar-refractivity contribution >= 4 is 11.7 Å². The van der Waals surface area contributed by atoms with Gasteiger partial charge < -0.3 is 15.4 Å². The molecule has 2 saturated heterocycles. The molecule has 0 saturated carbocycles. The standard InChI is InChI=1S/C14H22N4O2/c15-13-6-9-18(16-13)11-4-7-17(8-5-11)14(19)12-3-1-2-10-20-12/h6,9,11-12H,1-5,7-8,10H2,(H2,15,16). The lowest BCUT2D eigenvalue weighted by Gasteiger charge is -2.35. The molecule has 1 aromatic rings. The van der Waals surface area contributed by atoms with E-state index in [1.54, 1.807) is 0 Å². The van der Waals surface area contributed by atoms with Crippen molar-refractivity contribution < 1.29 is 9.53 Å². The van der Waals surface area contributed by atoms with Crippen molar-refractivity contribution in [2.24, 2.45) is 0 Å². The first-order valence-electron chi connectivity index (χ1n) is 7.45. The number of piperidine rings is 1. The Kier molecular flexibility index (Phi) is 3.91. The molecule has 2 aliphatic rings. The summed E-state index contributed by atoms with van der Waals surface area (Å²) in [6.07, 6.45) is 6.61. The summed E-state index contributed by atoms with van der Waals surface area (Å²) < 4.78 is 7.51. The van der Waals surface area contributed by atoms with Crippen LogP contribution in [0, 0.1) is 0 Å². The molecule has 2 N–H and O–H groups in total. The van der Waals surface area contributed by atoms with Crippen molar-refractivity contribution in [1.82, 2.24) is 14.7 Å². The summed E-state index contributed by atoms with van der Waals surface area (Å²) in [5.41, 5.74) is 5.65. The van der Waals surface area contributed by atoms with Crippen molar-refractivity contribution in [3.05, 3.63) is 12.3 Å². The van der Waals surface area contributed by atoms with Gasteiger partial charge in [-0.15, -0.1) is 0 Å². The Bertz CT molecular complexity index is 459. The van der Waals surface area contributed by atoms with E-state index in [4.69, 9.17) is 10.5 Å². The second kappa shape index (κ2) is 5.83. The Labute approximate surface area is 118 Å². The number of rotatable bonds is 2. The molecule has 3 heterocycles. The maximum Gasteiger partial charge on any atom is 0.251 e. The molecule has 6 nitrogen and oxygen atoms in total. The molecule has 110 valence electrons. The maximum absolute atomic E-state index is 12.4. The summed E-state index contributed by atoms with van der Waals surface area (Å²) in [6, 6.07) is 2.16. The maximum atomic E-state index is 12.4. The van der Waals surface area contributed by atoms with Crippen LogP contribution in [0.25, 0.3) is 0 Å². The highest BCUT2D eigenvalue weighted by Crippen LogP contribution is 2.24. The van der Waals surface area contributed by atoms with Crippen molar-refractivity contribution in [3.8, 4) is 0 Å². The molecule has 2 aliphatic heterocycles. The summed E-state index contributed by atoms with van der Waals surface area (Å²) in [4.78, 5) is 14.3. The van der Waals surface area contributed by atoms with Crippen molar-refractivity contribution in [1.29, 1.82) is 0 Å². The number of nitrogens with two attached hydrogens (primary N) is 1. The number of amides is 1. The SMILES string of the molecule is Nc1ccn(C2CCN(C(=O)C3CCCCO3)CC2)n1. The van der Waals surface area contributed by atoms with E-state index in [-0.39, 0.29) is 12.0 Å². The average Bonchev–Trinajstić information content (AvgIpc) is 2.94. The molecule has 0 aromatic carbocycles. The van der Waals surface area contributed by atoms with Crippen LogP contribution in [0.1, 0.15) is 38.1 Å². The third-order valence-electron chi connectivity index (χ3n) is 4.23. The predicted octanol–water partition coefficient (Wildman–Crippen LogP) is 1.20. The van der Waals surface area contributed by atoms with Crippen molar-refractivity contribution in [3.63, 3.8) is 0 Å². The van der Waals surface area contributed by atoms with Crippen LogP contribution in [0.5, 0.6) is 0 Å². The zero-order chi connectivity index (χ0) is 13.9. The van der Waals surface area contributed by atoms with Crippen LogP contribution in [0.2, 0.25) is 0 Å². The van der Waals surface area contributed by atoms with Gasteiger partial charge in [0, 0.05) is 25.9 Å². The summed E-state index contributed by atoms with van der Waals surface area (Å²) in [5, 5.41) is 4.26. The Morgan fingerprint density at radius 3 is 2.70 bits per heavy atom. The highest BCUT2D eigenvalue weighted by molar-refractivity contribution is 5.81. The summed E-state index contributed by atoms with van der Waals surface area (Å²) in [5.74, 6) is 0.724. The molecule has 1 atom stereocenters. The minimum Gasteiger partial charge on any atom is -0.382 e. The third-order valence-corrected chi connectivity index (χ3v) is 4.23. The number of likely N-dealkylation sites (tertiary alicyclic amines) is 1. The molecule has 1 unspecified atom stereocenters. The second-order valence-corrected chi connectivity index (χ2v) is 5.63. The Balaban J connectivity index is 1.54. The van der Waals surface area contributed by atoms with Crippen LogP contribution in [-0.4, -0.2) is 46.4 Å². The van der Waals surface area contributed by atoms with E-state index in [1.165, 1.54) is 0 Å². The molecule has 20 heavy (non-hydrogen) atoms. The van der Waals surface area contributed by atoms with E-state index in [2.05, 4.69) is 5.10 Å². The van der Waals surface area contributed by atoms with Gasteiger partial charge in [-0.25, -0.2) is 0 Å². The lowest BCUT2D eigenvalue weighted by Crippen LogP contribution is -2.46. The lowest BCUT2D eigenvalue weighted by atomic mass is 10.0. The van der Waals surface area contributed by atoms with E-state index in [0.717, 1.165) is 51.8 Å². The average molecular weight is 278 g/mol. The molecule has 0 radical (unpaired) electrons. The normalized spacial score (nSPS) is 24.8. The van der Waals surface area contributed by atoms with E-state index < -0.39 is 0 Å². The quantitative estimate of drug-likeness (QED) is 0.882. The van der Waals surface area contributed by atoms with Gasteiger partial charge in [0.25, 0.3) is 5.91 Å². The highest BCUT2D eigenvalue weighted by atomic mass is 16.5. The van der Waals surface area contributed by atoms with Crippen LogP contribution in [-0.2, 0) is 9.53 Å². The molecule has 0 bridgehead atoms. The fourth-order valence-corrected chi connectivity index (χ4v) is 3.05. The summed E-state index contributed by atoms with van der Waals surface area (Å²) in [6.45, 7) is 2.28. The minimum absolute atomic E-state index is 0.170. The van der Waals surface area contributed by atoms with Crippen LogP contribution >= 0.6 is 0 Å². The van der Waals surface area contributed by atoms with Gasteiger partial charge in [-0.05, 0) is 38.2 Å². The largest absolute Gasteiger partial charge is 0.382 e. The van der Waals surface area contributed by atoms with Gasteiger partial charge in [-0.2, -0.15) is 5.10 Å². The molecule has 0 spiro atoms. The number of nitrogen functional groups attached to an aromatic ring is 1. The fraction of sp³-hybridized carbons (Fsp3) is 0.714. The molecule has 6 heteroatoms. The van der Waals surface area contributed by atoms with Crippen LogP contribution < -0.4 is 5.73 Å². The van der Waals surface area contributed by atoms with Crippen LogP contribution in [0.15, 0.2) is 12.3 Å². The number of carbonyl (C=O) groups excluding carboxylic acids is 1. The van der Waals surface area contributed by atoms with Crippen molar-refractivity contribution in [2.45, 2.75) is 44.2 Å². The minimum atomic E-state index is -0.208. The first-order chi connectivity index (χ1) is 9.74. The zero-order valence-electron chi connectivity index (χ0n) is 11.7. The predicted molar refractivity (Wildman–Crippen MR) is 75.1 cm³/mol. The Hall–Kier alpha value is -1.56. The van der Waals surface area contributed by atoms with E-state index >= 15 is 0 Å². The van der Waals surface area contributed by atoms with Gasteiger partial charge in [0.15, 0.2) is 0 Å². The van der Waals surface area contributed by atoms with Gasteiger partial charge in [-0.1, -0.05) is 0 Å². The number of carbonyl (C=O) groups is 1. The van der Waals surface area contributed by atoms with Gasteiger partial charge in [-0.3, -0.25) is 9.48 Å². The summed E-state index contributed by atoms with van der Waals surface area (Å²) >= 11 is 0. The van der Waals surface area contributed by atoms with Crippen LogP contribution in [0.4, 0.5) is 5.82 Å². The van der Waals surface area contributed by atoms with Crippen LogP contribution in [0.3, 0.4) is 0 Å². The zero-order valence-corrected chi connectivity index (χ0v) is 11.7.